The first-order valence-electron chi connectivity index (χ1n) is 7.15. The van der Waals surface area contributed by atoms with Crippen LogP contribution in [0.5, 0.6) is 0 Å². The van der Waals surface area contributed by atoms with Crippen molar-refractivity contribution in [3.63, 3.8) is 0 Å². The van der Waals surface area contributed by atoms with E-state index in [0.29, 0.717) is 31.0 Å². The van der Waals surface area contributed by atoms with Crippen molar-refractivity contribution in [2.45, 2.75) is 0 Å². The van der Waals surface area contributed by atoms with Crippen molar-refractivity contribution in [3.8, 4) is 0 Å². The van der Waals surface area contributed by atoms with Gasteiger partial charge in [-0.1, -0.05) is 34.5 Å². The molecule has 0 aliphatic heterocycles. The number of halogens is 2. The summed E-state index contributed by atoms with van der Waals surface area (Å²) < 4.78 is 1.56. The van der Waals surface area contributed by atoms with E-state index in [2.05, 4.69) is 10.3 Å². The van der Waals surface area contributed by atoms with E-state index in [0.717, 1.165) is 9.40 Å². The monoisotopic (exact) mass is 423 g/mol. The summed E-state index contributed by atoms with van der Waals surface area (Å²) in [6.45, 7) is 0. The molecule has 0 unspecified atom stereocenters. The average Bonchev–Trinajstić information content (AvgIpc) is 3.17. The van der Waals surface area contributed by atoms with Gasteiger partial charge in [-0.2, -0.15) is 0 Å². The van der Waals surface area contributed by atoms with Crippen LogP contribution in [0.2, 0.25) is 10.0 Å². The second-order valence-corrected chi connectivity index (χ2v) is 8.26. The number of carbonyl (C=O) groups excluding carboxylic acids is 1. The Morgan fingerprint density at radius 1 is 1.12 bits per heavy atom. The van der Waals surface area contributed by atoms with Gasteiger partial charge in [0.25, 0.3) is 11.6 Å². The molecule has 2 aromatic carbocycles. The van der Waals surface area contributed by atoms with Crippen LogP contribution in [0.1, 0.15) is 9.67 Å². The predicted octanol–water partition coefficient (Wildman–Crippen LogP) is 5.98. The van der Waals surface area contributed by atoms with Crippen molar-refractivity contribution in [3.05, 3.63) is 61.4 Å². The van der Waals surface area contributed by atoms with Gasteiger partial charge in [0.15, 0.2) is 5.13 Å². The Bertz CT molecular complexity index is 1200. The molecule has 1 N–H and O–H groups in total. The van der Waals surface area contributed by atoms with Crippen LogP contribution in [0.4, 0.5) is 10.8 Å². The second kappa shape index (κ2) is 6.48. The number of hydrogen-bond acceptors (Lipinski definition) is 6. The maximum atomic E-state index is 12.5. The Balaban J connectivity index is 1.64. The maximum Gasteiger partial charge on any atom is 0.270 e. The molecule has 1 amide bonds. The van der Waals surface area contributed by atoms with Gasteiger partial charge in [0.1, 0.15) is 5.52 Å². The van der Waals surface area contributed by atoms with Gasteiger partial charge in [0, 0.05) is 27.2 Å². The lowest BCUT2D eigenvalue weighted by Gasteiger charge is -1.97. The highest BCUT2D eigenvalue weighted by atomic mass is 35.5. The van der Waals surface area contributed by atoms with Crippen LogP contribution in [0, 0.1) is 10.1 Å². The second-order valence-electron chi connectivity index (χ2n) is 5.30. The van der Waals surface area contributed by atoms with Gasteiger partial charge in [-0.25, -0.2) is 4.98 Å². The number of thiophene rings is 1. The number of carbonyl (C=O) groups is 1. The number of rotatable bonds is 3. The number of benzene rings is 2. The first-order valence-corrected chi connectivity index (χ1v) is 9.54. The summed E-state index contributed by atoms with van der Waals surface area (Å²) in [6.07, 6.45) is 0. The molecule has 0 spiro atoms. The topological polar surface area (TPSA) is 85.1 Å². The molecule has 130 valence electrons. The van der Waals surface area contributed by atoms with Gasteiger partial charge < -0.3 is 0 Å². The predicted molar refractivity (Wildman–Crippen MR) is 106 cm³/mol. The Hall–Kier alpha value is -2.26. The molecule has 0 aliphatic carbocycles. The molecule has 0 saturated carbocycles. The van der Waals surface area contributed by atoms with E-state index in [-0.39, 0.29) is 11.6 Å². The van der Waals surface area contributed by atoms with Crippen molar-refractivity contribution < 1.29 is 9.72 Å². The first kappa shape index (κ1) is 17.2. The highest BCUT2D eigenvalue weighted by Crippen LogP contribution is 2.34. The van der Waals surface area contributed by atoms with Gasteiger partial charge in [-0.15, -0.1) is 11.3 Å². The van der Waals surface area contributed by atoms with Crippen LogP contribution in [-0.4, -0.2) is 15.8 Å². The maximum absolute atomic E-state index is 12.5. The van der Waals surface area contributed by atoms with E-state index in [9.17, 15) is 14.9 Å². The van der Waals surface area contributed by atoms with Crippen LogP contribution < -0.4 is 5.32 Å². The summed E-state index contributed by atoms with van der Waals surface area (Å²) in [7, 11) is 0. The van der Waals surface area contributed by atoms with E-state index in [1.807, 2.05) is 0 Å². The zero-order valence-corrected chi connectivity index (χ0v) is 15.8. The Morgan fingerprint density at radius 2 is 1.92 bits per heavy atom. The smallest absolute Gasteiger partial charge is 0.270 e. The number of hydrogen-bond donors (Lipinski definition) is 1. The van der Waals surface area contributed by atoms with E-state index < -0.39 is 4.92 Å². The summed E-state index contributed by atoms with van der Waals surface area (Å²) in [5.41, 5.74) is 0.559. The van der Waals surface area contributed by atoms with E-state index in [1.165, 1.54) is 34.8 Å². The number of fused-ring (bicyclic) bond motifs is 2. The van der Waals surface area contributed by atoms with Gasteiger partial charge >= 0.3 is 0 Å². The van der Waals surface area contributed by atoms with Gasteiger partial charge in [-0.05, 0) is 24.3 Å². The summed E-state index contributed by atoms with van der Waals surface area (Å²) >= 11 is 14.6. The molecule has 2 aromatic heterocycles. The number of nitro groups is 1. The van der Waals surface area contributed by atoms with E-state index >= 15 is 0 Å². The zero-order chi connectivity index (χ0) is 18.4. The molecular formula is C16H7Cl2N3O3S2. The fourth-order valence-electron chi connectivity index (χ4n) is 2.43. The molecule has 0 radical (unpaired) electrons. The first-order chi connectivity index (χ1) is 12.4. The Morgan fingerprint density at radius 3 is 2.69 bits per heavy atom. The van der Waals surface area contributed by atoms with Crippen molar-refractivity contribution in [2.75, 3.05) is 5.32 Å². The van der Waals surface area contributed by atoms with Crippen LogP contribution >= 0.6 is 45.9 Å². The van der Waals surface area contributed by atoms with Crippen LogP contribution in [0.3, 0.4) is 0 Å². The van der Waals surface area contributed by atoms with Crippen molar-refractivity contribution in [2.24, 2.45) is 0 Å². The van der Waals surface area contributed by atoms with Crippen molar-refractivity contribution >= 4 is 82.9 Å². The molecule has 10 heteroatoms. The summed E-state index contributed by atoms with van der Waals surface area (Å²) in [5.74, 6) is -0.338. The normalized spacial score (nSPS) is 11.2. The number of nitrogens with zero attached hydrogens (tertiary/aromatic N) is 2. The van der Waals surface area contributed by atoms with Crippen molar-refractivity contribution in [1.29, 1.82) is 0 Å². The fourth-order valence-corrected chi connectivity index (χ4v) is 4.95. The zero-order valence-electron chi connectivity index (χ0n) is 12.7. The lowest BCUT2D eigenvalue weighted by atomic mass is 10.2. The van der Waals surface area contributed by atoms with E-state index in [1.54, 1.807) is 24.3 Å². The van der Waals surface area contributed by atoms with E-state index in [4.69, 9.17) is 23.2 Å². The highest BCUT2D eigenvalue weighted by molar-refractivity contribution is 7.23. The van der Waals surface area contributed by atoms with Gasteiger partial charge in [0.2, 0.25) is 0 Å². The molecule has 0 aliphatic rings. The molecule has 4 rings (SSSR count). The lowest BCUT2D eigenvalue weighted by Crippen LogP contribution is -2.09. The molecule has 26 heavy (non-hydrogen) atoms. The van der Waals surface area contributed by atoms with Crippen LogP contribution in [0.15, 0.2) is 36.4 Å². The number of aromatic nitrogens is 1. The number of nitro benzene ring substituents is 1. The fraction of sp³-hybridized carbons (Fsp3) is 0. The molecule has 2 heterocycles. The molecule has 4 aromatic rings. The Labute approximate surface area is 164 Å². The molecule has 0 fully saturated rings. The van der Waals surface area contributed by atoms with Crippen LogP contribution in [0.25, 0.3) is 20.3 Å². The van der Waals surface area contributed by atoms with Gasteiger partial charge in [-0.3, -0.25) is 20.2 Å². The van der Waals surface area contributed by atoms with Crippen molar-refractivity contribution in [1.82, 2.24) is 4.98 Å². The summed E-state index contributed by atoms with van der Waals surface area (Å²) in [4.78, 5) is 27.7. The lowest BCUT2D eigenvalue weighted by molar-refractivity contribution is -0.384. The molecule has 0 bridgehead atoms. The number of anilines is 1. The summed E-state index contributed by atoms with van der Waals surface area (Å²) in [6, 6.07) is 9.44. The molecule has 0 atom stereocenters. The number of thiazole rings is 1. The number of amides is 1. The third-order valence-corrected chi connectivity index (χ3v) is 6.11. The molecule has 0 saturated heterocycles. The minimum absolute atomic E-state index is 0.0139. The number of nitrogens with one attached hydrogen (secondary N) is 1. The molecular weight excluding hydrogens is 417 g/mol. The standard InChI is InChI=1S/C16H7Cl2N3O3S2/c17-8-5-10(18)14-12(6-8)26-16(19-14)20-15(22)13-4-7-3-9(21(23)24)1-2-11(7)25-13/h1-6H,(H,19,20,22). The minimum Gasteiger partial charge on any atom is -0.297 e. The summed E-state index contributed by atoms with van der Waals surface area (Å²) in [5, 5.41) is 15.6. The van der Waals surface area contributed by atoms with Crippen LogP contribution in [-0.2, 0) is 0 Å². The average molecular weight is 424 g/mol. The SMILES string of the molecule is O=C(Nc1nc2c(Cl)cc(Cl)cc2s1)c1cc2cc([N+](=O)[O-])ccc2s1. The number of non-ortho nitro benzene ring substituents is 1. The Kier molecular flexibility index (Phi) is 4.28. The third kappa shape index (κ3) is 3.12. The third-order valence-electron chi connectivity index (χ3n) is 3.57. The molecule has 6 nitrogen and oxygen atoms in total. The largest absolute Gasteiger partial charge is 0.297 e. The highest BCUT2D eigenvalue weighted by Gasteiger charge is 2.16. The quantitative estimate of drug-likeness (QED) is 0.324. The van der Waals surface area contributed by atoms with Gasteiger partial charge in [0.05, 0.1) is 19.5 Å². The minimum atomic E-state index is -0.465.